The van der Waals surface area contributed by atoms with Gasteiger partial charge in [0.05, 0.1) is 12.6 Å². The maximum absolute atomic E-state index is 12.0. The summed E-state index contributed by atoms with van der Waals surface area (Å²) < 4.78 is 5.42. The lowest BCUT2D eigenvalue weighted by atomic mass is 9.87. The highest BCUT2D eigenvalue weighted by Crippen LogP contribution is 2.28. The number of carbonyl (C=O) groups is 1. The summed E-state index contributed by atoms with van der Waals surface area (Å²) >= 11 is 0. The molecular formula is C14H21ClN2O2. The van der Waals surface area contributed by atoms with Gasteiger partial charge in [0, 0.05) is 12.1 Å². The van der Waals surface area contributed by atoms with Crippen molar-refractivity contribution in [2.45, 2.75) is 33.2 Å². The summed E-state index contributed by atoms with van der Waals surface area (Å²) in [6.45, 7) is 6.57. The Morgan fingerprint density at radius 3 is 2.74 bits per heavy atom. The van der Waals surface area contributed by atoms with Gasteiger partial charge in [0.2, 0.25) is 5.91 Å². The van der Waals surface area contributed by atoms with Crippen LogP contribution in [0.15, 0.2) is 18.2 Å². The second-order valence-corrected chi connectivity index (χ2v) is 5.75. The Hall–Kier alpha value is -1.26. The van der Waals surface area contributed by atoms with E-state index in [1.807, 2.05) is 39.0 Å². The molecule has 1 amide bonds. The number of amides is 1. The van der Waals surface area contributed by atoms with Crippen LogP contribution in [-0.2, 0) is 11.2 Å². The van der Waals surface area contributed by atoms with Crippen molar-refractivity contribution in [3.05, 3.63) is 23.8 Å². The maximum atomic E-state index is 12.0. The molecule has 0 unspecified atom stereocenters. The monoisotopic (exact) mass is 284 g/mol. The number of ether oxygens (including phenoxy) is 1. The number of nitrogens with one attached hydrogen (secondary N) is 1. The van der Waals surface area contributed by atoms with Gasteiger partial charge >= 0.3 is 0 Å². The van der Waals surface area contributed by atoms with Gasteiger partial charge in [-0.25, -0.2) is 0 Å². The highest BCUT2D eigenvalue weighted by atomic mass is 35.5. The first-order chi connectivity index (χ1) is 8.38. The predicted molar refractivity (Wildman–Crippen MR) is 78.9 cm³/mol. The molecule has 0 fully saturated rings. The van der Waals surface area contributed by atoms with Gasteiger partial charge < -0.3 is 15.8 Å². The minimum absolute atomic E-state index is 0. The topological polar surface area (TPSA) is 64.4 Å². The molecule has 5 heteroatoms. The summed E-state index contributed by atoms with van der Waals surface area (Å²) in [6, 6.07) is 5.16. The second kappa shape index (κ2) is 5.80. The first kappa shape index (κ1) is 15.8. The Morgan fingerprint density at radius 2 is 2.11 bits per heavy atom. The number of fused-ring (bicyclic) bond motifs is 1. The van der Waals surface area contributed by atoms with Gasteiger partial charge in [-0.1, -0.05) is 20.8 Å². The van der Waals surface area contributed by atoms with Gasteiger partial charge in [-0.3, -0.25) is 4.79 Å². The second-order valence-electron chi connectivity index (χ2n) is 5.75. The van der Waals surface area contributed by atoms with Crippen LogP contribution in [0.3, 0.4) is 0 Å². The predicted octanol–water partition coefficient (Wildman–Crippen LogP) is 2.36. The highest BCUT2D eigenvalue weighted by molar-refractivity contribution is 5.95. The third-order valence-corrected chi connectivity index (χ3v) is 3.17. The maximum Gasteiger partial charge on any atom is 0.241 e. The molecule has 2 rings (SSSR count). The summed E-state index contributed by atoms with van der Waals surface area (Å²) in [4.78, 5) is 12.0. The molecule has 1 aliphatic rings. The van der Waals surface area contributed by atoms with E-state index in [0.717, 1.165) is 23.4 Å². The SMILES string of the molecule is CC(C)(C)[C@H](N)C(=O)Nc1ccc2c(c1)CCO2.Cl. The van der Waals surface area contributed by atoms with E-state index >= 15 is 0 Å². The molecule has 0 aliphatic carbocycles. The number of benzene rings is 1. The minimum Gasteiger partial charge on any atom is -0.493 e. The molecule has 3 N–H and O–H groups in total. The number of anilines is 1. The van der Waals surface area contributed by atoms with E-state index < -0.39 is 6.04 Å². The van der Waals surface area contributed by atoms with Crippen LogP contribution in [0.1, 0.15) is 26.3 Å². The van der Waals surface area contributed by atoms with Crippen LogP contribution in [0.2, 0.25) is 0 Å². The van der Waals surface area contributed by atoms with Crippen molar-refractivity contribution in [1.82, 2.24) is 0 Å². The molecule has 4 nitrogen and oxygen atoms in total. The Balaban J connectivity index is 0.00000180. The van der Waals surface area contributed by atoms with E-state index in [2.05, 4.69) is 5.32 Å². The fraction of sp³-hybridized carbons (Fsp3) is 0.500. The van der Waals surface area contributed by atoms with E-state index in [0.29, 0.717) is 6.61 Å². The summed E-state index contributed by atoms with van der Waals surface area (Å²) in [6.07, 6.45) is 0.893. The van der Waals surface area contributed by atoms with Crippen molar-refractivity contribution >= 4 is 24.0 Å². The Morgan fingerprint density at radius 1 is 1.42 bits per heavy atom. The third-order valence-electron chi connectivity index (χ3n) is 3.17. The molecular weight excluding hydrogens is 264 g/mol. The van der Waals surface area contributed by atoms with Crippen LogP contribution in [-0.4, -0.2) is 18.6 Å². The van der Waals surface area contributed by atoms with Gasteiger partial charge in [0.25, 0.3) is 0 Å². The number of nitrogens with two attached hydrogens (primary N) is 1. The standard InChI is InChI=1S/C14H20N2O2.ClH/c1-14(2,3)12(15)13(17)16-10-4-5-11-9(8-10)6-7-18-11;/h4-5,8,12H,6-7,15H2,1-3H3,(H,16,17);1H/t12-;/m1./s1. The fourth-order valence-electron chi connectivity index (χ4n) is 1.88. The highest BCUT2D eigenvalue weighted by Gasteiger charge is 2.27. The van der Waals surface area contributed by atoms with Gasteiger partial charge in [-0.05, 0) is 29.2 Å². The summed E-state index contributed by atoms with van der Waals surface area (Å²) in [7, 11) is 0. The number of hydrogen-bond acceptors (Lipinski definition) is 3. The number of rotatable bonds is 2. The van der Waals surface area contributed by atoms with Gasteiger partial charge in [-0.2, -0.15) is 0 Å². The Bertz CT molecular complexity index is 469. The van der Waals surface area contributed by atoms with Crippen molar-refractivity contribution in [2.75, 3.05) is 11.9 Å². The molecule has 0 saturated carbocycles. The third kappa shape index (κ3) is 3.61. The lowest BCUT2D eigenvalue weighted by Crippen LogP contribution is -2.45. The van der Waals surface area contributed by atoms with Crippen LogP contribution in [0.5, 0.6) is 5.75 Å². The van der Waals surface area contributed by atoms with Crippen molar-refractivity contribution in [1.29, 1.82) is 0 Å². The summed E-state index contributed by atoms with van der Waals surface area (Å²) in [5.41, 5.74) is 7.59. The molecule has 0 saturated heterocycles. The largest absolute Gasteiger partial charge is 0.493 e. The van der Waals surface area contributed by atoms with E-state index in [1.165, 1.54) is 0 Å². The van der Waals surface area contributed by atoms with Crippen LogP contribution in [0.4, 0.5) is 5.69 Å². The van der Waals surface area contributed by atoms with Crippen molar-refractivity contribution in [3.8, 4) is 5.75 Å². The number of halogens is 1. The van der Waals surface area contributed by atoms with Gasteiger partial charge in [0.15, 0.2) is 0 Å². The molecule has 106 valence electrons. The van der Waals surface area contributed by atoms with Crippen LogP contribution < -0.4 is 15.8 Å². The molecule has 0 bridgehead atoms. The average Bonchev–Trinajstić information content (AvgIpc) is 2.73. The average molecular weight is 285 g/mol. The molecule has 1 atom stereocenters. The lowest BCUT2D eigenvalue weighted by Gasteiger charge is -2.25. The molecule has 1 heterocycles. The summed E-state index contributed by atoms with van der Waals surface area (Å²) in [5, 5.41) is 2.86. The quantitative estimate of drug-likeness (QED) is 0.876. The molecule has 1 aromatic rings. The van der Waals surface area contributed by atoms with Crippen LogP contribution in [0, 0.1) is 5.41 Å². The van der Waals surface area contributed by atoms with E-state index in [-0.39, 0.29) is 23.7 Å². The van der Waals surface area contributed by atoms with Gasteiger partial charge in [0.1, 0.15) is 5.75 Å². The molecule has 1 aromatic carbocycles. The molecule has 0 radical (unpaired) electrons. The first-order valence-corrected chi connectivity index (χ1v) is 6.20. The first-order valence-electron chi connectivity index (χ1n) is 6.20. The van der Waals surface area contributed by atoms with Crippen molar-refractivity contribution in [2.24, 2.45) is 11.1 Å². The smallest absolute Gasteiger partial charge is 0.241 e. The normalized spacial score (nSPS) is 14.9. The van der Waals surface area contributed by atoms with Crippen LogP contribution >= 0.6 is 12.4 Å². The molecule has 0 aromatic heterocycles. The zero-order valence-electron chi connectivity index (χ0n) is 11.5. The number of hydrogen-bond donors (Lipinski definition) is 2. The van der Waals surface area contributed by atoms with Crippen molar-refractivity contribution in [3.63, 3.8) is 0 Å². The molecule has 0 spiro atoms. The van der Waals surface area contributed by atoms with E-state index in [4.69, 9.17) is 10.5 Å². The Kier molecular flexibility index (Phi) is 4.82. The van der Waals surface area contributed by atoms with Gasteiger partial charge in [-0.15, -0.1) is 12.4 Å². The zero-order valence-corrected chi connectivity index (χ0v) is 12.3. The fourth-order valence-corrected chi connectivity index (χ4v) is 1.88. The van der Waals surface area contributed by atoms with Crippen molar-refractivity contribution < 1.29 is 9.53 Å². The van der Waals surface area contributed by atoms with Crippen LogP contribution in [0.25, 0.3) is 0 Å². The Labute approximate surface area is 120 Å². The molecule has 19 heavy (non-hydrogen) atoms. The summed E-state index contributed by atoms with van der Waals surface area (Å²) in [5.74, 6) is 0.759. The lowest BCUT2D eigenvalue weighted by molar-refractivity contribution is -0.119. The number of carbonyl (C=O) groups excluding carboxylic acids is 1. The van der Waals surface area contributed by atoms with E-state index in [1.54, 1.807) is 0 Å². The van der Waals surface area contributed by atoms with E-state index in [9.17, 15) is 4.79 Å². The molecule has 1 aliphatic heterocycles. The zero-order chi connectivity index (χ0) is 13.3. The minimum atomic E-state index is -0.526.